The largest absolute Gasteiger partial charge is 0.385 e. The standard InChI is InChI=1S/C4H10N2O4/c1-9-3-2-4(5)10-6(7)8/h4H,2-3,5H2,1H3. The fourth-order valence-electron chi connectivity index (χ4n) is 0.397. The van der Waals surface area contributed by atoms with Crippen molar-refractivity contribution in [2.75, 3.05) is 13.7 Å². The molecule has 0 saturated heterocycles. The Morgan fingerprint density at radius 1 is 1.80 bits per heavy atom. The molecule has 6 heteroatoms. The molecule has 6 nitrogen and oxygen atoms in total. The zero-order valence-corrected chi connectivity index (χ0v) is 5.65. The van der Waals surface area contributed by atoms with Crippen LogP contribution in [0.4, 0.5) is 0 Å². The highest BCUT2D eigenvalue weighted by Crippen LogP contribution is 1.90. The van der Waals surface area contributed by atoms with E-state index in [-0.39, 0.29) is 0 Å². The molecule has 0 aliphatic heterocycles. The van der Waals surface area contributed by atoms with Gasteiger partial charge in [0.15, 0.2) is 6.23 Å². The predicted octanol–water partition coefficient (Wildman–Crippen LogP) is -0.484. The van der Waals surface area contributed by atoms with Gasteiger partial charge in [0, 0.05) is 20.1 Å². The van der Waals surface area contributed by atoms with Crippen LogP contribution in [0.2, 0.25) is 0 Å². The van der Waals surface area contributed by atoms with Gasteiger partial charge >= 0.3 is 0 Å². The predicted molar refractivity (Wildman–Crippen MR) is 32.5 cm³/mol. The average molecular weight is 150 g/mol. The van der Waals surface area contributed by atoms with Crippen molar-refractivity contribution in [2.24, 2.45) is 5.73 Å². The second-order valence-corrected chi connectivity index (χ2v) is 1.65. The van der Waals surface area contributed by atoms with Crippen LogP contribution in [0.1, 0.15) is 6.42 Å². The summed E-state index contributed by atoms with van der Waals surface area (Å²) in [7, 11) is 1.48. The Bertz CT molecular complexity index is 107. The molecule has 0 aliphatic rings. The maximum absolute atomic E-state index is 9.64. The quantitative estimate of drug-likeness (QED) is 0.324. The minimum Gasteiger partial charge on any atom is -0.385 e. The van der Waals surface area contributed by atoms with Crippen molar-refractivity contribution in [1.82, 2.24) is 0 Å². The molecule has 0 aromatic heterocycles. The zero-order valence-electron chi connectivity index (χ0n) is 5.65. The highest BCUT2D eigenvalue weighted by atomic mass is 17.0. The molecule has 0 aromatic carbocycles. The molecule has 2 N–H and O–H groups in total. The number of rotatable bonds is 5. The molecular formula is C4H10N2O4. The number of nitrogens with two attached hydrogens (primary N) is 1. The SMILES string of the molecule is COCCC(N)O[N+](=O)[O-]. The normalized spacial score (nSPS) is 12.6. The van der Waals surface area contributed by atoms with E-state index in [1.807, 2.05) is 0 Å². The molecular weight excluding hydrogens is 140 g/mol. The van der Waals surface area contributed by atoms with E-state index in [4.69, 9.17) is 5.73 Å². The lowest BCUT2D eigenvalue weighted by molar-refractivity contribution is -0.768. The van der Waals surface area contributed by atoms with E-state index in [0.717, 1.165) is 0 Å². The number of hydrogen-bond donors (Lipinski definition) is 1. The molecule has 0 rings (SSSR count). The summed E-state index contributed by atoms with van der Waals surface area (Å²) < 4.78 is 4.61. The minimum absolute atomic E-state index is 0.317. The van der Waals surface area contributed by atoms with E-state index in [0.29, 0.717) is 13.0 Å². The number of ether oxygens (including phenoxy) is 1. The van der Waals surface area contributed by atoms with Gasteiger partial charge in [0.25, 0.3) is 5.09 Å². The number of hydrogen-bond acceptors (Lipinski definition) is 5. The van der Waals surface area contributed by atoms with Crippen molar-refractivity contribution in [3.8, 4) is 0 Å². The molecule has 0 fully saturated rings. The highest BCUT2D eigenvalue weighted by Gasteiger charge is 2.05. The van der Waals surface area contributed by atoms with E-state index < -0.39 is 11.3 Å². The summed E-state index contributed by atoms with van der Waals surface area (Å²) in [5, 5.41) is 8.72. The maximum atomic E-state index is 9.64. The van der Waals surface area contributed by atoms with Crippen molar-refractivity contribution in [3.05, 3.63) is 10.1 Å². The first-order valence-corrected chi connectivity index (χ1v) is 2.72. The van der Waals surface area contributed by atoms with Gasteiger partial charge in [-0.2, -0.15) is 0 Å². The average Bonchev–Trinajstić information content (AvgIpc) is 1.82. The fourth-order valence-corrected chi connectivity index (χ4v) is 0.397. The van der Waals surface area contributed by atoms with Crippen LogP contribution < -0.4 is 5.73 Å². The molecule has 0 bridgehead atoms. The first kappa shape index (κ1) is 9.12. The van der Waals surface area contributed by atoms with E-state index >= 15 is 0 Å². The molecule has 10 heavy (non-hydrogen) atoms. The Kier molecular flexibility index (Phi) is 4.51. The molecule has 0 saturated carbocycles. The molecule has 60 valence electrons. The van der Waals surface area contributed by atoms with Crippen molar-refractivity contribution in [2.45, 2.75) is 12.6 Å². The molecule has 1 unspecified atom stereocenters. The van der Waals surface area contributed by atoms with E-state index in [1.165, 1.54) is 7.11 Å². The summed E-state index contributed by atoms with van der Waals surface area (Å²) in [5.41, 5.74) is 5.12. The Morgan fingerprint density at radius 3 is 2.80 bits per heavy atom. The van der Waals surface area contributed by atoms with Gasteiger partial charge in [0.2, 0.25) is 0 Å². The highest BCUT2D eigenvalue weighted by molar-refractivity contribution is 4.42. The lowest BCUT2D eigenvalue weighted by Gasteiger charge is -2.06. The monoisotopic (exact) mass is 150 g/mol. The Hall–Kier alpha value is -0.880. The molecule has 0 heterocycles. The van der Waals surface area contributed by atoms with Crippen LogP contribution >= 0.6 is 0 Å². The zero-order chi connectivity index (χ0) is 7.98. The van der Waals surface area contributed by atoms with Gasteiger partial charge in [-0.15, -0.1) is 10.1 Å². The number of nitrogens with zero attached hydrogens (tertiary/aromatic N) is 1. The third kappa shape index (κ3) is 5.26. The van der Waals surface area contributed by atoms with Crippen molar-refractivity contribution in [3.63, 3.8) is 0 Å². The van der Waals surface area contributed by atoms with Crippen LogP contribution in [-0.4, -0.2) is 25.0 Å². The van der Waals surface area contributed by atoms with Crippen molar-refractivity contribution >= 4 is 0 Å². The van der Waals surface area contributed by atoms with Crippen LogP contribution in [0.3, 0.4) is 0 Å². The topological polar surface area (TPSA) is 87.6 Å². The minimum atomic E-state index is -0.916. The summed E-state index contributed by atoms with van der Waals surface area (Å²) in [6.45, 7) is 0.356. The second-order valence-electron chi connectivity index (χ2n) is 1.65. The third-order valence-electron chi connectivity index (χ3n) is 0.828. The third-order valence-corrected chi connectivity index (χ3v) is 0.828. The molecule has 0 radical (unpaired) electrons. The Morgan fingerprint density at radius 2 is 2.40 bits per heavy atom. The molecule has 0 aliphatic carbocycles. The van der Waals surface area contributed by atoms with E-state index in [9.17, 15) is 10.1 Å². The summed E-state index contributed by atoms with van der Waals surface area (Å²) in [6, 6.07) is 0. The summed E-state index contributed by atoms with van der Waals surface area (Å²) in [6.07, 6.45) is -0.563. The number of methoxy groups -OCH3 is 1. The fraction of sp³-hybridized carbons (Fsp3) is 1.00. The summed E-state index contributed by atoms with van der Waals surface area (Å²) in [4.78, 5) is 13.6. The summed E-state index contributed by atoms with van der Waals surface area (Å²) >= 11 is 0. The Balaban J connectivity index is 3.25. The molecule has 0 aromatic rings. The van der Waals surface area contributed by atoms with Crippen molar-refractivity contribution < 1.29 is 14.7 Å². The van der Waals surface area contributed by atoms with Crippen LogP contribution in [0.25, 0.3) is 0 Å². The van der Waals surface area contributed by atoms with Crippen molar-refractivity contribution in [1.29, 1.82) is 0 Å². The van der Waals surface area contributed by atoms with Gasteiger partial charge in [0.1, 0.15) is 0 Å². The van der Waals surface area contributed by atoms with Crippen LogP contribution in [0.15, 0.2) is 0 Å². The van der Waals surface area contributed by atoms with E-state index in [2.05, 4.69) is 9.57 Å². The van der Waals surface area contributed by atoms with E-state index in [1.54, 1.807) is 0 Å². The first-order valence-electron chi connectivity index (χ1n) is 2.72. The lowest BCUT2D eigenvalue weighted by atomic mass is 10.4. The van der Waals surface area contributed by atoms with Gasteiger partial charge in [-0.25, -0.2) is 0 Å². The van der Waals surface area contributed by atoms with Gasteiger partial charge < -0.3 is 10.5 Å². The van der Waals surface area contributed by atoms with Crippen LogP contribution in [0.5, 0.6) is 0 Å². The molecule has 0 spiro atoms. The lowest BCUT2D eigenvalue weighted by Crippen LogP contribution is -2.27. The smallest absolute Gasteiger partial charge is 0.296 e. The van der Waals surface area contributed by atoms with Gasteiger partial charge in [-0.3, -0.25) is 4.84 Å². The van der Waals surface area contributed by atoms with Crippen LogP contribution in [-0.2, 0) is 9.57 Å². The second kappa shape index (κ2) is 4.95. The maximum Gasteiger partial charge on any atom is 0.296 e. The van der Waals surface area contributed by atoms with Gasteiger partial charge in [-0.1, -0.05) is 0 Å². The summed E-state index contributed by atoms with van der Waals surface area (Å²) in [5.74, 6) is 0. The Labute approximate surface area is 58.0 Å². The first-order chi connectivity index (χ1) is 4.66. The van der Waals surface area contributed by atoms with Gasteiger partial charge in [0.05, 0.1) is 0 Å². The molecule has 1 atom stereocenters. The van der Waals surface area contributed by atoms with Gasteiger partial charge in [-0.05, 0) is 0 Å². The molecule has 0 amide bonds. The van der Waals surface area contributed by atoms with Crippen LogP contribution in [0, 0.1) is 10.1 Å².